The molecule has 0 saturated carbocycles. The van der Waals surface area contributed by atoms with Gasteiger partial charge in [0.05, 0.1) is 18.8 Å². The molecule has 0 N–H and O–H groups in total. The summed E-state index contributed by atoms with van der Waals surface area (Å²) in [6.07, 6.45) is 7.36. The molecule has 4 fully saturated rings. The van der Waals surface area contributed by atoms with Crippen molar-refractivity contribution in [3.05, 3.63) is 0 Å². The molecule has 1 atom stereocenters. The Labute approximate surface area is 157 Å². The number of amides is 1. The molecule has 4 rings (SSSR count). The monoisotopic (exact) mass is 366 g/mol. The number of likely N-dealkylation sites (tertiary alicyclic amines) is 1. The molecule has 0 aromatic carbocycles. The average Bonchev–Trinajstić information content (AvgIpc) is 2.70. The highest BCUT2D eigenvalue weighted by atomic mass is 16.5. The molecule has 4 saturated heterocycles. The van der Waals surface area contributed by atoms with Crippen LogP contribution in [0.15, 0.2) is 0 Å². The second-order valence-corrected chi connectivity index (χ2v) is 8.47. The van der Waals surface area contributed by atoms with Gasteiger partial charge in [-0.25, -0.2) is 0 Å². The van der Waals surface area contributed by atoms with Crippen molar-refractivity contribution in [2.24, 2.45) is 5.92 Å². The summed E-state index contributed by atoms with van der Waals surface area (Å²) in [5, 5.41) is 0. The fraction of sp³-hybridized carbons (Fsp3) is 0.950. The number of carbonyl (C=O) groups is 1. The topological polar surface area (TPSA) is 51.2 Å². The minimum Gasteiger partial charge on any atom is -0.381 e. The van der Waals surface area contributed by atoms with Crippen LogP contribution in [0.5, 0.6) is 0 Å². The van der Waals surface area contributed by atoms with Gasteiger partial charge in [-0.05, 0) is 44.4 Å². The summed E-state index contributed by atoms with van der Waals surface area (Å²) in [7, 11) is 0. The molecule has 26 heavy (non-hydrogen) atoms. The SMILES string of the molecule is O=C(CC1CCOC2(CCN(C3CCOCC3)CC2)C1)N1CCOCC1. The van der Waals surface area contributed by atoms with E-state index in [0.717, 1.165) is 71.7 Å². The maximum Gasteiger partial charge on any atom is 0.223 e. The van der Waals surface area contributed by atoms with E-state index in [1.165, 1.54) is 12.8 Å². The van der Waals surface area contributed by atoms with E-state index in [9.17, 15) is 4.79 Å². The zero-order valence-corrected chi connectivity index (χ0v) is 16.0. The van der Waals surface area contributed by atoms with Crippen molar-refractivity contribution in [2.45, 2.75) is 56.6 Å². The van der Waals surface area contributed by atoms with Crippen molar-refractivity contribution < 1.29 is 19.0 Å². The van der Waals surface area contributed by atoms with Gasteiger partial charge in [-0.1, -0.05) is 0 Å². The summed E-state index contributed by atoms with van der Waals surface area (Å²) < 4.78 is 17.2. The number of rotatable bonds is 3. The van der Waals surface area contributed by atoms with Gasteiger partial charge in [0.15, 0.2) is 0 Å². The van der Waals surface area contributed by atoms with Crippen LogP contribution in [0.2, 0.25) is 0 Å². The first-order chi connectivity index (χ1) is 12.7. The molecule has 4 aliphatic rings. The Morgan fingerprint density at radius 1 is 0.885 bits per heavy atom. The van der Waals surface area contributed by atoms with Crippen molar-refractivity contribution >= 4 is 5.91 Å². The van der Waals surface area contributed by atoms with E-state index >= 15 is 0 Å². The molecule has 1 spiro atoms. The van der Waals surface area contributed by atoms with Crippen LogP contribution in [0.1, 0.15) is 44.9 Å². The number of hydrogen-bond acceptors (Lipinski definition) is 5. The number of piperidine rings is 1. The predicted octanol–water partition coefficient (Wildman–Crippen LogP) is 1.68. The Bertz CT molecular complexity index is 466. The number of carbonyl (C=O) groups excluding carboxylic acids is 1. The van der Waals surface area contributed by atoms with Crippen molar-refractivity contribution in [3.63, 3.8) is 0 Å². The molecular weight excluding hydrogens is 332 g/mol. The Balaban J connectivity index is 1.27. The minimum absolute atomic E-state index is 0.0237. The highest BCUT2D eigenvalue weighted by Crippen LogP contribution is 2.39. The number of ether oxygens (including phenoxy) is 3. The third-order valence-electron chi connectivity index (χ3n) is 6.84. The standard InChI is InChI=1S/C20H34N2O4/c23-19(22-8-13-25-14-9-22)15-17-1-12-26-20(16-17)4-6-21(7-5-20)18-2-10-24-11-3-18/h17-18H,1-16H2. The van der Waals surface area contributed by atoms with Gasteiger partial charge in [-0.15, -0.1) is 0 Å². The molecule has 6 heteroatoms. The van der Waals surface area contributed by atoms with Gasteiger partial charge >= 0.3 is 0 Å². The first kappa shape index (κ1) is 18.7. The van der Waals surface area contributed by atoms with Crippen molar-refractivity contribution in [1.82, 2.24) is 9.80 Å². The van der Waals surface area contributed by atoms with Crippen LogP contribution < -0.4 is 0 Å². The molecule has 1 amide bonds. The maximum atomic E-state index is 12.6. The van der Waals surface area contributed by atoms with Gasteiger partial charge in [0, 0.05) is 58.5 Å². The number of morpholine rings is 1. The Kier molecular flexibility index (Phi) is 6.14. The van der Waals surface area contributed by atoms with Gasteiger partial charge < -0.3 is 19.1 Å². The van der Waals surface area contributed by atoms with E-state index in [1.807, 2.05) is 4.90 Å². The summed E-state index contributed by atoms with van der Waals surface area (Å²) in [6, 6.07) is 0.698. The highest BCUT2D eigenvalue weighted by molar-refractivity contribution is 5.76. The summed E-state index contributed by atoms with van der Waals surface area (Å²) in [5.41, 5.74) is 0.0237. The van der Waals surface area contributed by atoms with Gasteiger partial charge in [0.1, 0.15) is 0 Å². The third kappa shape index (κ3) is 4.41. The lowest BCUT2D eigenvalue weighted by Gasteiger charge is -2.48. The predicted molar refractivity (Wildman–Crippen MR) is 98.1 cm³/mol. The van der Waals surface area contributed by atoms with Crippen molar-refractivity contribution in [2.75, 3.05) is 59.2 Å². The van der Waals surface area contributed by atoms with Crippen LogP contribution in [0, 0.1) is 5.92 Å². The lowest BCUT2D eigenvalue weighted by molar-refractivity contribution is -0.146. The van der Waals surface area contributed by atoms with E-state index in [0.29, 0.717) is 37.5 Å². The second-order valence-electron chi connectivity index (χ2n) is 8.47. The minimum atomic E-state index is 0.0237. The normalized spacial score (nSPS) is 31.2. The van der Waals surface area contributed by atoms with Gasteiger partial charge in [0.2, 0.25) is 5.91 Å². The van der Waals surface area contributed by atoms with Crippen molar-refractivity contribution in [3.8, 4) is 0 Å². The molecule has 0 aromatic rings. The second kappa shape index (κ2) is 8.55. The Morgan fingerprint density at radius 3 is 2.31 bits per heavy atom. The van der Waals surface area contributed by atoms with Gasteiger partial charge in [-0.2, -0.15) is 0 Å². The van der Waals surface area contributed by atoms with E-state index in [2.05, 4.69) is 4.90 Å². The van der Waals surface area contributed by atoms with E-state index in [-0.39, 0.29) is 5.60 Å². The van der Waals surface area contributed by atoms with E-state index in [4.69, 9.17) is 14.2 Å². The summed E-state index contributed by atoms with van der Waals surface area (Å²) >= 11 is 0. The lowest BCUT2D eigenvalue weighted by Crippen LogP contribution is -2.53. The molecule has 1 unspecified atom stereocenters. The number of hydrogen-bond donors (Lipinski definition) is 0. The van der Waals surface area contributed by atoms with Crippen LogP contribution in [0.3, 0.4) is 0 Å². The molecule has 0 aliphatic carbocycles. The fourth-order valence-electron chi connectivity index (χ4n) is 5.19. The van der Waals surface area contributed by atoms with Gasteiger partial charge in [-0.3, -0.25) is 9.69 Å². The zero-order chi connectivity index (χ0) is 17.8. The molecule has 0 aromatic heterocycles. The first-order valence-electron chi connectivity index (χ1n) is 10.6. The third-order valence-corrected chi connectivity index (χ3v) is 6.84. The molecule has 148 valence electrons. The summed E-state index contributed by atoms with van der Waals surface area (Å²) in [5.74, 6) is 0.795. The van der Waals surface area contributed by atoms with Crippen molar-refractivity contribution in [1.29, 1.82) is 0 Å². The van der Waals surface area contributed by atoms with Crippen LogP contribution >= 0.6 is 0 Å². The van der Waals surface area contributed by atoms with Crippen LogP contribution in [-0.4, -0.2) is 86.6 Å². The summed E-state index contributed by atoms with van der Waals surface area (Å²) in [4.78, 5) is 17.2. The van der Waals surface area contributed by atoms with E-state index in [1.54, 1.807) is 0 Å². The largest absolute Gasteiger partial charge is 0.381 e. The fourth-order valence-corrected chi connectivity index (χ4v) is 5.19. The van der Waals surface area contributed by atoms with Crippen LogP contribution in [0.4, 0.5) is 0 Å². The van der Waals surface area contributed by atoms with Crippen LogP contribution in [-0.2, 0) is 19.0 Å². The molecule has 4 aliphatic heterocycles. The molecule has 0 radical (unpaired) electrons. The highest BCUT2D eigenvalue weighted by Gasteiger charge is 2.42. The Morgan fingerprint density at radius 2 is 1.58 bits per heavy atom. The quantitative estimate of drug-likeness (QED) is 0.761. The number of nitrogens with zero attached hydrogens (tertiary/aromatic N) is 2. The molecule has 6 nitrogen and oxygen atoms in total. The zero-order valence-electron chi connectivity index (χ0n) is 16.0. The molecular formula is C20H34N2O4. The average molecular weight is 367 g/mol. The Hall–Kier alpha value is -0.690. The summed E-state index contributed by atoms with van der Waals surface area (Å²) in [6.45, 7) is 7.79. The van der Waals surface area contributed by atoms with Crippen LogP contribution in [0.25, 0.3) is 0 Å². The van der Waals surface area contributed by atoms with E-state index < -0.39 is 0 Å². The van der Waals surface area contributed by atoms with Gasteiger partial charge in [0.25, 0.3) is 0 Å². The molecule has 4 heterocycles. The maximum absolute atomic E-state index is 12.6. The molecule has 0 bridgehead atoms. The lowest BCUT2D eigenvalue weighted by atomic mass is 9.77. The first-order valence-corrected chi connectivity index (χ1v) is 10.6. The smallest absolute Gasteiger partial charge is 0.223 e.